The predicted octanol–water partition coefficient (Wildman–Crippen LogP) is 1.22. The summed E-state index contributed by atoms with van der Waals surface area (Å²) < 4.78 is 1.18. The molecule has 2 aromatic carbocycles. The highest BCUT2D eigenvalue weighted by Crippen LogP contribution is 2.31. The zero-order valence-corrected chi connectivity index (χ0v) is 15.9. The van der Waals surface area contributed by atoms with E-state index in [4.69, 9.17) is 0 Å². The van der Waals surface area contributed by atoms with Crippen LogP contribution < -0.4 is 15.5 Å². The Morgan fingerprint density at radius 1 is 1.26 bits per heavy atom. The SMILES string of the molecule is Cc1ccc2nc(-c3ccc(NC(=O)C[NH+]4CCNC(=O)C4)cc3)sc2c1. The predicted molar refractivity (Wildman–Crippen MR) is 107 cm³/mol. The Hall–Kier alpha value is -2.77. The first-order valence-electron chi connectivity index (χ1n) is 8.94. The van der Waals surface area contributed by atoms with Crippen LogP contribution in [0.4, 0.5) is 5.69 Å². The normalized spacial score (nSPS) is 16.9. The minimum absolute atomic E-state index is 0.000526. The molecule has 1 aromatic heterocycles. The second-order valence-electron chi connectivity index (χ2n) is 6.82. The van der Waals surface area contributed by atoms with Gasteiger partial charge in [-0.1, -0.05) is 6.07 Å². The van der Waals surface area contributed by atoms with Crippen LogP contribution in [0, 0.1) is 6.92 Å². The second kappa shape index (κ2) is 7.46. The summed E-state index contributed by atoms with van der Waals surface area (Å²) in [5, 5.41) is 6.65. The molecule has 1 fully saturated rings. The van der Waals surface area contributed by atoms with E-state index >= 15 is 0 Å². The molecular formula is C20H21N4O2S+. The van der Waals surface area contributed by atoms with Crippen LogP contribution in [0.5, 0.6) is 0 Å². The minimum Gasteiger partial charge on any atom is -0.346 e. The fourth-order valence-electron chi connectivity index (χ4n) is 3.19. The van der Waals surface area contributed by atoms with Crippen LogP contribution in [0.25, 0.3) is 20.8 Å². The molecule has 27 heavy (non-hydrogen) atoms. The monoisotopic (exact) mass is 381 g/mol. The number of fused-ring (bicyclic) bond motifs is 1. The minimum atomic E-state index is -0.0806. The van der Waals surface area contributed by atoms with Crippen LogP contribution >= 0.6 is 11.3 Å². The van der Waals surface area contributed by atoms with E-state index in [1.807, 2.05) is 30.3 Å². The van der Waals surface area contributed by atoms with E-state index in [0.29, 0.717) is 19.6 Å². The van der Waals surface area contributed by atoms with Gasteiger partial charge in [0.2, 0.25) is 0 Å². The van der Waals surface area contributed by atoms with Crippen molar-refractivity contribution in [3.8, 4) is 10.6 Å². The zero-order valence-electron chi connectivity index (χ0n) is 15.0. The van der Waals surface area contributed by atoms with Crippen LogP contribution in [0.2, 0.25) is 0 Å². The molecule has 3 aromatic rings. The number of hydrogen-bond donors (Lipinski definition) is 3. The van der Waals surface area contributed by atoms with Gasteiger partial charge in [-0.05, 0) is 48.9 Å². The topological polar surface area (TPSA) is 75.5 Å². The lowest BCUT2D eigenvalue weighted by atomic mass is 10.2. The Morgan fingerprint density at radius 2 is 2.07 bits per heavy atom. The summed E-state index contributed by atoms with van der Waals surface area (Å²) in [5.74, 6) is -0.0812. The van der Waals surface area contributed by atoms with Crippen molar-refractivity contribution in [3.63, 3.8) is 0 Å². The van der Waals surface area contributed by atoms with Crippen LogP contribution in [-0.4, -0.2) is 43.0 Å². The number of rotatable bonds is 4. The number of benzene rings is 2. The number of hydrogen-bond acceptors (Lipinski definition) is 4. The van der Waals surface area contributed by atoms with E-state index in [0.717, 1.165) is 33.2 Å². The molecule has 4 rings (SSSR count). The molecular weight excluding hydrogens is 360 g/mol. The number of carbonyl (C=O) groups is 2. The van der Waals surface area contributed by atoms with Gasteiger partial charge in [0.1, 0.15) is 5.01 Å². The van der Waals surface area contributed by atoms with Crippen molar-refractivity contribution < 1.29 is 14.5 Å². The number of nitrogens with zero attached hydrogens (tertiary/aromatic N) is 1. The second-order valence-corrected chi connectivity index (χ2v) is 7.85. The molecule has 1 unspecified atom stereocenters. The third-order valence-electron chi connectivity index (χ3n) is 4.58. The van der Waals surface area contributed by atoms with Gasteiger partial charge in [-0.15, -0.1) is 11.3 Å². The van der Waals surface area contributed by atoms with Crippen molar-refractivity contribution in [2.45, 2.75) is 6.92 Å². The number of aromatic nitrogens is 1. The molecule has 2 amide bonds. The number of quaternary nitrogens is 1. The van der Waals surface area contributed by atoms with Crippen molar-refractivity contribution >= 4 is 39.1 Å². The smallest absolute Gasteiger partial charge is 0.279 e. The van der Waals surface area contributed by atoms with Gasteiger partial charge in [0.05, 0.1) is 23.3 Å². The Bertz CT molecular complexity index is 997. The van der Waals surface area contributed by atoms with Crippen LogP contribution in [0.3, 0.4) is 0 Å². The molecule has 0 bridgehead atoms. The van der Waals surface area contributed by atoms with Crippen molar-refractivity contribution in [2.24, 2.45) is 0 Å². The number of amides is 2. The lowest BCUT2D eigenvalue weighted by molar-refractivity contribution is -0.885. The first-order chi connectivity index (χ1) is 13.1. The van der Waals surface area contributed by atoms with Gasteiger partial charge < -0.3 is 15.5 Å². The Morgan fingerprint density at radius 3 is 2.85 bits per heavy atom. The number of anilines is 1. The Kier molecular flexibility index (Phi) is 4.87. The summed E-state index contributed by atoms with van der Waals surface area (Å²) >= 11 is 1.67. The van der Waals surface area contributed by atoms with Crippen LogP contribution in [0.15, 0.2) is 42.5 Å². The van der Waals surface area contributed by atoms with E-state index < -0.39 is 0 Å². The lowest BCUT2D eigenvalue weighted by Gasteiger charge is -2.22. The standard InChI is InChI=1S/C20H20N4O2S/c1-13-2-7-16-17(10-13)27-20(23-16)14-3-5-15(6-4-14)22-19(26)12-24-9-8-21-18(25)11-24/h2-7,10H,8-9,11-12H2,1H3,(H,21,25)(H,22,26)/p+1. The van der Waals surface area contributed by atoms with Gasteiger partial charge in [-0.25, -0.2) is 4.98 Å². The Balaban J connectivity index is 1.42. The lowest BCUT2D eigenvalue weighted by Crippen LogP contribution is -3.16. The first kappa shape index (κ1) is 17.6. The summed E-state index contributed by atoms with van der Waals surface area (Å²) in [7, 11) is 0. The quantitative estimate of drug-likeness (QED) is 0.636. The average Bonchev–Trinajstić information content (AvgIpc) is 3.05. The van der Waals surface area contributed by atoms with Gasteiger partial charge in [-0.3, -0.25) is 9.59 Å². The molecule has 1 aliphatic heterocycles. The largest absolute Gasteiger partial charge is 0.346 e. The van der Waals surface area contributed by atoms with E-state index in [9.17, 15) is 9.59 Å². The molecule has 0 spiro atoms. The molecule has 0 aliphatic carbocycles. The number of thiazole rings is 1. The molecule has 1 atom stereocenters. The summed E-state index contributed by atoms with van der Waals surface area (Å²) in [6.45, 7) is 4.12. The van der Waals surface area contributed by atoms with E-state index in [2.05, 4.69) is 34.7 Å². The van der Waals surface area contributed by atoms with Gasteiger partial charge >= 0.3 is 0 Å². The van der Waals surface area contributed by atoms with Crippen LogP contribution in [-0.2, 0) is 9.59 Å². The highest BCUT2D eigenvalue weighted by molar-refractivity contribution is 7.21. The summed E-state index contributed by atoms with van der Waals surface area (Å²) in [4.78, 5) is 29.3. The van der Waals surface area contributed by atoms with E-state index in [1.165, 1.54) is 10.3 Å². The van der Waals surface area contributed by atoms with Crippen molar-refractivity contribution in [1.29, 1.82) is 0 Å². The maximum atomic E-state index is 12.2. The summed E-state index contributed by atoms with van der Waals surface area (Å²) in [5.41, 5.74) is 4.02. The molecule has 2 heterocycles. The highest BCUT2D eigenvalue weighted by atomic mass is 32.1. The molecule has 6 nitrogen and oxygen atoms in total. The molecule has 138 valence electrons. The zero-order chi connectivity index (χ0) is 18.8. The van der Waals surface area contributed by atoms with Gasteiger partial charge in [-0.2, -0.15) is 0 Å². The molecule has 3 N–H and O–H groups in total. The van der Waals surface area contributed by atoms with E-state index in [1.54, 1.807) is 11.3 Å². The average molecular weight is 381 g/mol. The maximum absolute atomic E-state index is 12.2. The number of nitrogens with one attached hydrogen (secondary N) is 3. The first-order valence-corrected chi connectivity index (χ1v) is 9.76. The number of carbonyl (C=O) groups excluding carboxylic acids is 2. The fourth-order valence-corrected chi connectivity index (χ4v) is 4.26. The van der Waals surface area contributed by atoms with E-state index in [-0.39, 0.29) is 11.8 Å². The molecule has 7 heteroatoms. The van der Waals surface area contributed by atoms with Crippen molar-refractivity contribution in [2.75, 3.05) is 31.5 Å². The van der Waals surface area contributed by atoms with Crippen molar-refractivity contribution in [1.82, 2.24) is 10.3 Å². The summed E-state index contributed by atoms with van der Waals surface area (Å²) in [6, 6.07) is 14.0. The molecule has 0 radical (unpaired) electrons. The third-order valence-corrected chi connectivity index (χ3v) is 5.65. The maximum Gasteiger partial charge on any atom is 0.279 e. The highest BCUT2D eigenvalue weighted by Gasteiger charge is 2.22. The van der Waals surface area contributed by atoms with Gasteiger partial charge in [0, 0.05) is 11.3 Å². The fraction of sp³-hybridized carbons (Fsp3) is 0.250. The van der Waals surface area contributed by atoms with Gasteiger partial charge in [0.15, 0.2) is 13.1 Å². The third kappa shape index (κ3) is 4.15. The molecule has 1 saturated heterocycles. The van der Waals surface area contributed by atoms with Crippen LogP contribution in [0.1, 0.15) is 5.56 Å². The Labute approximate surface area is 161 Å². The molecule has 0 saturated carbocycles. The van der Waals surface area contributed by atoms with Crippen molar-refractivity contribution in [3.05, 3.63) is 48.0 Å². The van der Waals surface area contributed by atoms with Gasteiger partial charge in [0.25, 0.3) is 11.8 Å². The number of piperazine rings is 1. The molecule has 1 aliphatic rings. The summed E-state index contributed by atoms with van der Waals surface area (Å²) in [6.07, 6.45) is 0. The number of aryl methyl sites for hydroxylation is 1.